The number of nitrogens with one attached hydrogen (secondary N) is 1. The number of nitrogens with zero attached hydrogens (tertiary/aromatic N) is 1. The van der Waals surface area contributed by atoms with Crippen molar-refractivity contribution in [2.24, 2.45) is 5.92 Å². The van der Waals surface area contributed by atoms with E-state index in [4.69, 9.17) is 9.57 Å². The average Bonchev–Trinajstić information content (AvgIpc) is 2.53. The Balaban J connectivity index is 2.72. The molecule has 0 aliphatic rings. The number of aliphatic hydroxyl groups is 1. The Morgan fingerprint density at radius 1 is 1.28 bits per heavy atom. The van der Waals surface area contributed by atoms with Gasteiger partial charge in [0.15, 0.2) is 6.79 Å². The summed E-state index contributed by atoms with van der Waals surface area (Å²) in [7, 11) is -3.32. The van der Waals surface area contributed by atoms with Crippen LogP contribution in [0.5, 0.6) is 0 Å². The van der Waals surface area contributed by atoms with Gasteiger partial charge in [-0.1, -0.05) is 36.5 Å². The van der Waals surface area contributed by atoms with Crippen molar-refractivity contribution in [1.29, 1.82) is 0 Å². The zero-order valence-electron chi connectivity index (χ0n) is 15.1. The molecule has 1 aromatic carbocycles. The fraction of sp³-hybridized carbons (Fsp3) is 0.562. The normalized spacial score (nSPS) is 13.3. The summed E-state index contributed by atoms with van der Waals surface area (Å²) >= 11 is 0. The Labute approximate surface area is 148 Å². The van der Waals surface area contributed by atoms with E-state index in [1.165, 1.54) is 0 Å². The van der Waals surface area contributed by atoms with Crippen molar-refractivity contribution in [3.8, 4) is 0 Å². The lowest BCUT2D eigenvalue weighted by Gasteiger charge is -2.21. The number of para-hydroxylation sites is 1. The minimum atomic E-state index is -4.41. The molecule has 0 aliphatic carbocycles. The van der Waals surface area contributed by atoms with Gasteiger partial charge in [-0.05, 0) is 30.9 Å². The van der Waals surface area contributed by atoms with Gasteiger partial charge in [-0.15, -0.1) is 0 Å². The van der Waals surface area contributed by atoms with Crippen molar-refractivity contribution in [3.05, 3.63) is 29.3 Å². The number of hydrogen-bond donors (Lipinski definition) is 2. The number of benzene rings is 1. The minimum absolute atomic E-state index is 0.263. The number of ether oxygens (including phenoxy) is 1. The molecule has 25 heavy (non-hydrogen) atoms. The van der Waals surface area contributed by atoms with Crippen LogP contribution in [0.3, 0.4) is 0 Å². The molecule has 9 heteroatoms. The molecule has 0 aliphatic heterocycles. The highest BCUT2D eigenvalue weighted by Gasteiger charge is 2.35. The maximum absolute atomic E-state index is 12.2. The van der Waals surface area contributed by atoms with Gasteiger partial charge < -0.3 is 15.2 Å². The molecular weight excluding hydrogens is 348 g/mol. The summed E-state index contributed by atoms with van der Waals surface area (Å²) in [6.07, 6.45) is 0. The Morgan fingerprint density at radius 3 is 2.36 bits per heavy atom. The molecule has 8 nitrogen and oxygen atoms in total. The number of amides is 1. The predicted octanol–water partition coefficient (Wildman–Crippen LogP) is 1.38. The van der Waals surface area contributed by atoms with Gasteiger partial charge in [-0.25, -0.2) is 8.42 Å². The fourth-order valence-electron chi connectivity index (χ4n) is 1.94. The van der Waals surface area contributed by atoms with Gasteiger partial charge in [0, 0.05) is 12.7 Å². The quantitative estimate of drug-likeness (QED) is 0.384. The minimum Gasteiger partial charge on any atom is -0.368 e. The number of aryl methyl sites for hydroxylation is 2. The molecule has 0 radical (unpaired) electrons. The van der Waals surface area contributed by atoms with Crippen molar-refractivity contribution < 1.29 is 27.9 Å². The highest BCUT2D eigenvalue weighted by atomic mass is 32.2. The SMILES string of the molecule is Cc1cccc(C)c1NC(=O)C(O)S(=O)(=O)N(C)OCOCC(C)C. The number of hydroxylamine groups is 1. The first-order valence-corrected chi connectivity index (χ1v) is 9.31. The Bertz CT molecular complexity index is 670. The summed E-state index contributed by atoms with van der Waals surface area (Å²) in [5, 5.41) is 12.4. The Kier molecular flexibility index (Phi) is 7.97. The maximum Gasteiger partial charge on any atom is 0.272 e. The molecule has 0 spiro atoms. The highest BCUT2D eigenvalue weighted by molar-refractivity contribution is 7.90. The van der Waals surface area contributed by atoms with E-state index in [-0.39, 0.29) is 12.7 Å². The monoisotopic (exact) mass is 374 g/mol. The standard InChI is InChI=1S/C16H26N2O6S/c1-11(2)9-23-10-24-18(5)25(21,22)16(20)15(19)17-14-12(3)7-6-8-13(14)4/h6-8,11,16,20H,9-10H2,1-5H3,(H,17,19). The van der Waals surface area contributed by atoms with Gasteiger partial charge in [0.1, 0.15) is 0 Å². The largest absolute Gasteiger partial charge is 0.368 e. The molecule has 0 aromatic heterocycles. The van der Waals surface area contributed by atoms with Crippen LogP contribution in [0.4, 0.5) is 5.69 Å². The van der Waals surface area contributed by atoms with Crippen LogP contribution in [0.25, 0.3) is 0 Å². The molecule has 0 saturated carbocycles. The van der Waals surface area contributed by atoms with Crippen LogP contribution in [-0.2, 0) is 24.4 Å². The molecule has 1 unspecified atom stereocenters. The van der Waals surface area contributed by atoms with Gasteiger partial charge in [0.2, 0.25) is 0 Å². The van der Waals surface area contributed by atoms with E-state index in [0.717, 1.165) is 18.2 Å². The van der Waals surface area contributed by atoms with Crippen LogP contribution in [-0.4, -0.2) is 49.8 Å². The van der Waals surface area contributed by atoms with Gasteiger partial charge in [0.25, 0.3) is 21.4 Å². The van der Waals surface area contributed by atoms with Gasteiger partial charge >= 0.3 is 0 Å². The number of sulfonamides is 1. The van der Waals surface area contributed by atoms with Gasteiger partial charge in [-0.3, -0.25) is 9.63 Å². The molecule has 142 valence electrons. The van der Waals surface area contributed by atoms with E-state index < -0.39 is 21.4 Å². The third-order valence-electron chi connectivity index (χ3n) is 3.36. The fourth-order valence-corrected chi connectivity index (χ4v) is 2.74. The second-order valence-corrected chi connectivity index (χ2v) is 8.07. The second kappa shape index (κ2) is 9.25. The third-order valence-corrected chi connectivity index (χ3v) is 4.96. The summed E-state index contributed by atoms with van der Waals surface area (Å²) < 4.78 is 29.9. The first-order chi connectivity index (χ1) is 11.6. The van der Waals surface area contributed by atoms with E-state index in [2.05, 4.69) is 5.32 Å². The van der Waals surface area contributed by atoms with E-state index in [9.17, 15) is 18.3 Å². The lowest BCUT2D eigenvalue weighted by atomic mass is 10.1. The number of carbonyl (C=O) groups excluding carboxylic acids is 1. The Hall–Kier alpha value is -1.52. The van der Waals surface area contributed by atoms with E-state index in [0.29, 0.717) is 16.8 Å². The number of anilines is 1. The lowest BCUT2D eigenvalue weighted by molar-refractivity contribution is -0.167. The number of carbonyl (C=O) groups is 1. The molecular formula is C16H26N2O6S. The maximum atomic E-state index is 12.2. The van der Waals surface area contributed by atoms with Crippen LogP contribution in [0.2, 0.25) is 0 Å². The van der Waals surface area contributed by atoms with Crippen LogP contribution >= 0.6 is 0 Å². The molecule has 0 saturated heterocycles. The first-order valence-electron chi connectivity index (χ1n) is 7.81. The third kappa shape index (κ3) is 6.05. The molecule has 0 fully saturated rings. The summed E-state index contributed by atoms with van der Waals surface area (Å²) in [5.41, 5.74) is -0.332. The molecule has 0 heterocycles. The summed E-state index contributed by atoms with van der Waals surface area (Å²) in [5.74, 6) is -0.796. The van der Waals surface area contributed by atoms with E-state index in [1.54, 1.807) is 26.0 Å². The van der Waals surface area contributed by atoms with Crippen molar-refractivity contribution in [2.45, 2.75) is 33.1 Å². The van der Waals surface area contributed by atoms with Crippen molar-refractivity contribution in [1.82, 2.24) is 4.47 Å². The van der Waals surface area contributed by atoms with E-state index >= 15 is 0 Å². The molecule has 1 aromatic rings. The van der Waals surface area contributed by atoms with Gasteiger partial charge in [-0.2, -0.15) is 0 Å². The van der Waals surface area contributed by atoms with Crippen LogP contribution in [0.15, 0.2) is 18.2 Å². The number of aliphatic hydroxyl groups excluding tert-OH is 1. The summed E-state index contributed by atoms with van der Waals surface area (Å²) in [6.45, 7) is 7.49. The van der Waals surface area contributed by atoms with Crippen molar-refractivity contribution in [2.75, 3.05) is 25.8 Å². The summed E-state index contributed by atoms with van der Waals surface area (Å²) in [6, 6.07) is 5.35. The number of hydrogen-bond acceptors (Lipinski definition) is 6. The van der Waals surface area contributed by atoms with Gasteiger partial charge in [0.05, 0.1) is 6.61 Å². The summed E-state index contributed by atoms with van der Waals surface area (Å²) in [4.78, 5) is 17.0. The zero-order chi connectivity index (χ0) is 19.2. The molecule has 2 N–H and O–H groups in total. The van der Waals surface area contributed by atoms with Crippen molar-refractivity contribution in [3.63, 3.8) is 0 Å². The Morgan fingerprint density at radius 2 is 1.84 bits per heavy atom. The zero-order valence-corrected chi connectivity index (χ0v) is 16.0. The second-order valence-electron chi connectivity index (χ2n) is 6.07. The van der Waals surface area contributed by atoms with Crippen molar-refractivity contribution >= 4 is 21.6 Å². The van der Waals surface area contributed by atoms with E-state index in [1.807, 2.05) is 19.9 Å². The first kappa shape index (κ1) is 21.5. The number of rotatable bonds is 9. The molecule has 1 amide bonds. The smallest absolute Gasteiger partial charge is 0.272 e. The van der Waals surface area contributed by atoms with Crippen LogP contribution < -0.4 is 5.32 Å². The van der Waals surface area contributed by atoms with Crippen LogP contribution in [0, 0.1) is 19.8 Å². The average molecular weight is 374 g/mol. The highest BCUT2D eigenvalue weighted by Crippen LogP contribution is 2.20. The van der Waals surface area contributed by atoms with Crippen LogP contribution in [0.1, 0.15) is 25.0 Å². The topological polar surface area (TPSA) is 105 Å². The molecule has 0 bridgehead atoms. The molecule has 1 atom stereocenters. The predicted molar refractivity (Wildman–Crippen MR) is 94.0 cm³/mol. The lowest BCUT2D eigenvalue weighted by Crippen LogP contribution is -2.43. The molecule has 1 rings (SSSR count).